The van der Waals surface area contributed by atoms with Gasteiger partial charge in [0.15, 0.2) is 0 Å². The Bertz CT molecular complexity index is 382. The summed E-state index contributed by atoms with van der Waals surface area (Å²) in [6.45, 7) is 7.23. The second-order valence-electron chi connectivity index (χ2n) is 3.98. The largest absolute Gasteiger partial charge is 0.369 e. The molecule has 0 radical (unpaired) electrons. The van der Waals surface area contributed by atoms with Crippen molar-refractivity contribution < 1.29 is 4.79 Å². The van der Waals surface area contributed by atoms with Gasteiger partial charge in [0.2, 0.25) is 5.91 Å². The molecule has 0 bridgehead atoms. The van der Waals surface area contributed by atoms with Crippen LogP contribution in [0.5, 0.6) is 0 Å². The summed E-state index contributed by atoms with van der Waals surface area (Å²) in [4.78, 5) is 20.0. The molecule has 0 aliphatic rings. The summed E-state index contributed by atoms with van der Waals surface area (Å²) in [5.74, 6) is 1.26. The maximum Gasteiger partial charge on any atom is 0.242 e. The Hall–Kier alpha value is -1.85. The van der Waals surface area contributed by atoms with Crippen molar-refractivity contribution in [3.05, 3.63) is 12.4 Å². The fourth-order valence-electron chi connectivity index (χ4n) is 1.39. The van der Waals surface area contributed by atoms with Gasteiger partial charge in [0.25, 0.3) is 0 Å². The van der Waals surface area contributed by atoms with Crippen LogP contribution in [0.25, 0.3) is 0 Å². The zero-order chi connectivity index (χ0) is 13.4. The molecule has 1 aromatic rings. The molecule has 1 unspecified atom stereocenters. The number of amides is 1. The minimum atomic E-state index is -0.333. The first-order chi connectivity index (χ1) is 8.67. The molecule has 0 saturated carbocycles. The molecule has 0 saturated heterocycles. The van der Waals surface area contributed by atoms with E-state index in [4.69, 9.17) is 0 Å². The number of rotatable bonds is 7. The minimum Gasteiger partial charge on any atom is -0.369 e. The summed E-state index contributed by atoms with van der Waals surface area (Å²) < 4.78 is 0. The van der Waals surface area contributed by atoms with Gasteiger partial charge in [-0.25, -0.2) is 4.98 Å². The van der Waals surface area contributed by atoms with E-state index in [1.54, 1.807) is 19.3 Å². The molecule has 6 heteroatoms. The number of likely N-dealkylation sites (N-methyl/N-ethyl adjacent to an activating group) is 1. The lowest BCUT2D eigenvalue weighted by Crippen LogP contribution is -2.37. The summed E-state index contributed by atoms with van der Waals surface area (Å²) in [7, 11) is 0. The Labute approximate surface area is 108 Å². The van der Waals surface area contributed by atoms with Crippen LogP contribution in [0.3, 0.4) is 0 Å². The van der Waals surface area contributed by atoms with Crippen LogP contribution in [0, 0.1) is 0 Å². The van der Waals surface area contributed by atoms with Crippen LogP contribution in [0.1, 0.15) is 27.2 Å². The number of nitrogens with zero attached hydrogens (tertiary/aromatic N) is 2. The van der Waals surface area contributed by atoms with Gasteiger partial charge < -0.3 is 16.0 Å². The number of hydrogen-bond donors (Lipinski definition) is 3. The van der Waals surface area contributed by atoms with Gasteiger partial charge in [-0.3, -0.25) is 9.78 Å². The highest BCUT2D eigenvalue weighted by atomic mass is 16.2. The second-order valence-corrected chi connectivity index (χ2v) is 3.98. The molecule has 0 aromatic carbocycles. The molecule has 0 aliphatic carbocycles. The topological polar surface area (TPSA) is 78.9 Å². The fraction of sp³-hybridized carbons (Fsp3) is 0.583. The van der Waals surface area contributed by atoms with Crippen molar-refractivity contribution in [3.8, 4) is 0 Å². The van der Waals surface area contributed by atoms with E-state index < -0.39 is 0 Å². The third kappa shape index (κ3) is 4.57. The molecule has 0 aliphatic heterocycles. The quantitative estimate of drug-likeness (QED) is 0.679. The van der Waals surface area contributed by atoms with Crippen LogP contribution < -0.4 is 16.0 Å². The summed E-state index contributed by atoms with van der Waals surface area (Å²) >= 11 is 0. The minimum absolute atomic E-state index is 0.0498. The van der Waals surface area contributed by atoms with Gasteiger partial charge in [-0.2, -0.15) is 0 Å². The molecule has 18 heavy (non-hydrogen) atoms. The number of carbonyl (C=O) groups excluding carboxylic acids is 1. The Morgan fingerprint density at radius 2 is 2.06 bits per heavy atom. The van der Waals surface area contributed by atoms with Crippen LogP contribution in [0.4, 0.5) is 11.6 Å². The number of aromatic nitrogens is 2. The molecule has 0 fully saturated rings. The molecule has 100 valence electrons. The van der Waals surface area contributed by atoms with E-state index in [1.165, 1.54) is 0 Å². The van der Waals surface area contributed by atoms with Crippen molar-refractivity contribution in [2.45, 2.75) is 33.2 Å². The molecule has 1 heterocycles. The van der Waals surface area contributed by atoms with Crippen molar-refractivity contribution in [3.63, 3.8) is 0 Å². The highest BCUT2D eigenvalue weighted by Crippen LogP contribution is 2.07. The first-order valence-corrected chi connectivity index (χ1v) is 6.27. The van der Waals surface area contributed by atoms with Crippen molar-refractivity contribution >= 4 is 17.5 Å². The van der Waals surface area contributed by atoms with Crippen LogP contribution in [-0.4, -0.2) is 35.0 Å². The highest BCUT2D eigenvalue weighted by molar-refractivity contribution is 5.83. The average Bonchev–Trinajstić information content (AvgIpc) is 2.37. The molecule has 1 atom stereocenters. The predicted molar refractivity (Wildman–Crippen MR) is 72.6 cm³/mol. The zero-order valence-electron chi connectivity index (χ0n) is 11.2. The summed E-state index contributed by atoms with van der Waals surface area (Å²) in [5, 5.41) is 8.91. The van der Waals surface area contributed by atoms with Gasteiger partial charge in [-0.15, -0.1) is 0 Å². The summed E-state index contributed by atoms with van der Waals surface area (Å²) in [6.07, 6.45) is 4.29. The van der Waals surface area contributed by atoms with Gasteiger partial charge in [-0.05, 0) is 20.3 Å². The number of nitrogens with one attached hydrogen (secondary N) is 3. The van der Waals surface area contributed by atoms with Crippen LogP contribution in [0.2, 0.25) is 0 Å². The van der Waals surface area contributed by atoms with Gasteiger partial charge in [0, 0.05) is 13.1 Å². The van der Waals surface area contributed by atoms with E-state index in [-0.39, 0.29) is 11.9 Å². The Kier molecular flexibility index (Phi) is 5.90. The first kappa shape index (κ1) is 14.2. The highest BCUT2D eigenvalue weighted by Gasteiger charge is 2.12. The van der Waals surface area contributed by atoms with Crippen molar-refractivity contribution in [1.82, 2.24) is 15.3 Å². The summed E-state index contributed by atoms with van der Waals surface area (Å²) in [6, 6.07) is -0.333. The monoisotopic (exact) mass is 251 g/mol. The van der Waals surface area contributed by atoms with E-state index in [1.807, 2.05) is 6.92 Å². The van der Waals surface area contributed by atoms with Gasteiger partial charge in [0.1, 0.15) is 17.7 Å². The maximum atomic E-state index is 11.6. The Balaban J connectivity index is 2.58. The van der Waals surface area contributed by atoms with Gasteiger partial charge in [0.05, 0.1) is 12.4 Å². The van der Waals surface area contributed by atoms with E-state index >= 15 is 0 Å². The van der Waals surface area contributed by atoms with E-state index in [2.05, 4.69) is 32.8 Å². The normalized spacial score (nSPS) is 11.7. The first-order valence-electron chi connectivity index (χ1n) is 6.27. The SMILES string of the molecule is CCCNc1cncc(NC(C)C(=O)NCC)n1. The molecular weight excluding hydrogens is 230 g/mol. The third-order valence-corrected chi connectivity index (χ3v) is 2.30. The van der Waals surface area contributed by atoms with Crippen molar-refractivity contribution in [1.29, 1.82) is 0 Å². The molecule has 0 spiro atoms. The van der Waals surface area contributed by atoms with Gasteiger partial charge in [-0.1, -0.05) is 6.92 Å². The van der Waals surface area contributed by atoms with Crippen LogP contribution in [0.15, 0.2) is 12.4 Å². The Morgan fingerprint density at radius 3 is 2.72 bits per heavy atom. The second kappa shape index (κ2) is 7.47. The molecular formula is C12H21N5O. The number of hydrogen-bond acceptors (Lipinski definition) is 5. The molecule has 3 N–H and O–H groups in total. The molecule has 1 rings (SSSR count). The predicted octanol–water partition coefficient (Wildman–Crippen LogP) is 1.23. The molecule has 1 aromatic heterocycles. The lowest BCUT2D eigenvalue weighted by atomic mass is 10.3. The van der Waals surface area contributed by atoms with Gasteiger partial charge >= 0.3 is 0 Å². The van der Waals surface area contributed by atoms with Crippen LogP contribution >= 0.6 is 0 Å². The Morgan fingerprint density at radius 1 is 1.33 bits per heavy atom. The van der Waals surface area contributed by atoms with Crippen LogP contribution in [-0.2, 0) is 4.79 Å². The number of carbonyl (C=O) groups is 1. The van der Waals surface area contributed by atoms with E-state index in [0.717, 1.165) is 13.0 Å². The molecule has 1 amide bonds. The maximum absolute atomic E-state index is 11.6. The fourth-order valence-corrected chi connectivity index (χ4v) is 1.39. The van der Waals surface area contributed by atoms with Crippen molar-refractivity contribution in [2.24, 2.45) is 0 Å². The lowest BCUT2D eigenvalue weighted by Gasteiger charge is -2.14. The standard InChI is InChI=1S/C12H21N5O/c1-4-6-15-10-7-13-8-11(17-10)16-9(3)12(18)14-5-2/h7-9H,4-6H2,1-3H3,(H,14,18)(H2,15,16,17). The summed E-state index contributed by atoms with van der Waals surface area (Å²) in [5.41, 5.74) is 0. The van der Waals surface area contributed by atoms with Crippen molar-refractivity contribution in [2.75, 3.05) is 23.7 Å². The van der Waals surface area contributed by atoms with E-state index in [9.17, 15) is 4.79 Å². The third-order valence-electron chi connectivity index (χ3n) is 2.30. The molecule has 6 nitrogen and oxygen atoms in total. The smallest absolute Gasteiger partial charge is 0.242 e. The average molecular weight is 251 g/mol. The zero-order valence-corrected chi connectivity index (χ0v) is 11.2. The van der Waals surface area contributed by atoms with E-state index in [0.29, 0.717) is 18.2 Å². The lowest BCUT2D eigenvalue weighted by molar-refractivity contribution is -0.121. The number of anilines is 2.